The van der Waals surface area contributed by atoms with Gasteiger partial charge in [-0.05, 0) is 0 Å². The lowest BCUT2D eigenvalue weighted by Gasteiger charge is -1.85. The number of rotatable bonds is 1. The molecule has 0 aromatic carbocycles. The molecule has 7 heavy (non-hydrogen) atoms. The first-order valence-electron chi connectivity index (χ1n) is 1.70. The standard InChI is InChI=1S/C3H7NO2.B/c1-2-3(5)6-4;/h2,4H2,1H3;. The van der Waals surface area contributed by atoms with Gasteiger partial charge in [-0.3, -0.25) is 4.79 Å². The Bertz CT molecular complexity index is 50.9. The fraction of sp³-hybridized carbons (Fsp3) is 0.667. The molecule has 3 radical (unpaired) electrons. The van der Waals surface area contributed by atoms with Crippen molar-refractivity contribution in [2.75, 3.05) is 0 Å². The van der Waals surface area contributed by atoms with Gasteiger partial charge in [-0.25, -0.2) is 0 Å². The van der Waals surface area contributed by atoms with Crippen LogP contribution in [0.5, 0.6) is 0 Å². The van der Waals surface area contributed by atoms with Gasteiger partial charge in [0.25, 0.3) is 0 Å². The molecule has 0 aromatic heterocycles. The van der Waals surface area contributed by atoms with Crippen LogP contribution >= 0.6 is 0 Å². The zero-order chi connectivity index (χ0) is 4.99. The Kier molecular flexibility index (Phi) is 7.62. The molecule has 0 unspecified atom stereocenters. The highest BCUT2D eigenvalue weighted by atomic mass is 16.7. The highest BCUT2D eigenvalue weighted by Gasteiger charge is 1.88. The van der Waals surface area contributed by atoms with Crippen molar-refractivity contribution in [2.24, 2.45) is 5.90 Å². The van der Waals surface area contributed by atoms with E-state index in [1.54, 1.807) is 6.92 Å². The average Bonchev–Trinajstić information content (AvgIpc) is 1.65. The topological polar surface area (TPSA) is 52.3 Å². The van der Waals surface area contributed by atoms with E-state index in [-0.39, 0.29) is 14.4 Å². The van der Waals surface area contributed by atoms with Crippen LogP contribution < -0.4 is 5.90 Å². The first kappa shape index (κ1) is 9.71. The van der Waals surface area contributed by atoms with Crippen LogP contribution in [0.1, 0.15) is 13.3 Å². The second-order valence-corrected chi connectivity index (χ2v) is 0.843. The summed E-state index contributed by atoms with van der Waals surface area (Å²) in [5.41, 5.74) is 0. The quantitative estimate of drug-likeness (QED) is 0.354. The highest BCUT2D eigenvalue weighted by Crippen LogP contribution is 1.73. The molecule has 0 rings (SSSR count). The molecule has 0 aliphatic heterocycles. The molecule has 4 heteroatoms. The fourth-order valence-electron chi connectivity index (χ4n) is 0.0833. The second-order valence-electron chi connectivity index (χ2n) is 0.843. The minimum atomic E-state index is -0.380. The van der Waals surface area contributed by atoms with E-state index in [1.165, 1.54) is 0 Å². The Hall–Kier alpha value is -0.505. The van der Waals surface area contributed by atoms with Gasteiger partial charge < -0.3 is 4.84 Å². The van der Waals surface area contributed by atoms with Crippen LogP contribution in [-0.4, -0.2) is 14.4 Å². The molecule has 0 saturated heterocycles. The molecule has 0 aromatic rings. The van der Waals surface area contributed by atoms with E-state index < -0.39 is 0 Å². The molecule has 0 aliphatic rings. The summed E-state index contributed by atoms with van der Waals surface area (Å²) in [7, 11) is 0. The predicted octanol–water partition coefficient (Wildman–Crippen LogP) is -0.568. The number of hydrogen-bond acceptors (Lipinski definition) is 3. The molecule has 0 spiro atoms. The number of carbonyl (C=O) groups is 1. The van der Waals surface area contributed by atoms with Gasteiger partial charge in [-0.2, -0.15) is 5.90 Å². The molecular weight excluding hydrogens is 92.9 g/mol. The second kappa shape index (κ2) is 5.49. The average molecular weight is 99.9 g/mol. The smallest absolute Gasteiger partial charge is 0.324 e. The van der Waals surface area contributed by atoms with Crippen molar-refractivity contribution in [1.82, 2.24) is 0 Å². The summed E-state index contributed by atoms with van der Waals surface area (Å²) >= 11 is 0. The molecule has 0 fully saturated rings. The minimum absolute atomic E-state index is 0. The number of nitrogens with two attached hydrogens (primary N) is 1. The first-order chi connectivity index (χ1) is 2.81. The third-order valence-corrected chi connectivity index (χ3v) is 0.420. The van der Waals surface area contributed by atoms with Crippen LogP contribution in [0.3, 0.4) is 0 Å². The van der Waals surface area contributed by atoms with E-state index in [9.17, 15) is 4.79 Å². The molecule has 2 N–H and O–H groups in total. The van der Waals surface area contributed by atoms with E-state index in [0.29, 0.717) is 6.42 Å². The van der Waals surface area contributed by atoms with Crippen molar-refractivity contribution in [1.29, 1.82) is 0 Å². The van der Waals surface area contributed by atoms with Gasteiger partial charge in [0.05, 0.1) is 0 Å². The molecule has 39 valence electrons. The molecule has 0 amide bonds. The SMILES string of the molecule is CCC(=O)ON.[B]. The zero-order valence-electron chi connectivity index (χ0n) is 4.18. The predicted molar refractivity (Wildman–Crippen MR) is 26.3 cm³/mol. The molecule has 0 atom stereocenters. The van der Waals surface area contributed by atoms with Crippen LogP contribution in [0.2, 0.25) is 0 Å². The Morgan fingerprint density at radius 2 is 2.29 bits per heavy atom. The first-order valence-corrected chi connectivity index (χ1v) is 1.70. The minimum Gasteiger partial charge on any atom is -0.373 e. The van der Waals surface area contributed by atoms with Gasteiger partial charge in [-0.15, -0.1) is 0 Å². The van der Waals surface area contributed by atoms with Crippen molar-refractivity contribution in [3.8, 4) is 0 Å². The zero-order valence-corrected chi connectivity index (χ0v) is 4.18. The van der Waals surface area contributed by atoms with Crippen molar-refractivity contribution in [3.05, 3.63) is 0 Å². The van der Waals surface area contributed by atoms with Gasteiger partial charge in [0.1, 0.15) is 0 Å². The molecular formula is C3H7BNO2. The Morgan fingerprint density at radius 3 is 2.29 bits per heavy atom. The maximum Gasteiger partial charge on any atom is 0.324 e. The fourth-order valence-corrected chi connectivity index (χ4v) is 0.0833. The molecule has 0 aliphatic carbocycles. The van der Waals surface area contributed by atoms with E-state index in [4.69, 9.17) is 0 Å². The molecule has 0 heterocycles. The lowest BCUT2D eigenvalue weighted by Crippen LogP contribution is -2.07. The lowest BCUT2D eigenvalue weighted by atomic mass is 10.5. The summed E-state index contributed by atoms with van der Waals surface area (Å²) in [4.78, 5) is 13.6. The van der Waals surface area contributed by atoms with E-state index in [0.717, 1.165) is 0 Å². The van der Waals surface area contributed by atoms with Crippen LogP contribution in [0.25, 0.3) is 0 Å². The normalized spacial score (nSPS) is 6.57. The third kappa shape index (κ3) is 5.49. The van der Waals surface area contributed by atoms with Gasteiger partial charge in [0.2, 0.25) is 0 Å². The van der Waals surface area contributed by atoms with Crippen LogP contribution in [-0.2, 0) is 9.63 Å². The molecule has 3 nitrogen and oxygen atoms in total. The molecule has 0 saturated carbocycles. The highest BCUT2D eigenvalue weighted by molar-refractivity contribution is 5.75. The maximum atomic E-state index is 9.83. The van der Waals surface area contributed by atoms with E-state index >= 15 is 0 Å². The summed E-state index contributed by atoms with van der Waals surface area (Å²) in [6.45, 7) is 1.68. The van der Waals surface area contributed by atoms with Gasteiger partial charge in [0.15, 0.2) is 0 Å². The van der Waals surface area contributed by atoms with Crippen molar-refractivity contribution in [3.63, 3.8) is 0 Å². The van der Waals surface area contributed by atoms with E-state index in [1.807, 2.05) is 0 Å². The third-order valence-electron chi connectivity index (χ3n) is 0.420. The van der Waals surface area contributed by atoms with Crippen LogP contribution in [0, 0.1) is 0 Å². The van der Waals surface area contributed by atoms with Crippen LogP contribution in [0.15, 0.2) is 0 Å². The van der Waals surface area contributed by atoms with E-state index in [2.05, 4.69) is 10.7 Å². The van der Waals surface area contributed by atoms with Crippen LogP contribution in [0.4, 0.5) is 0 Å². The summed E-state index contributed by atoms with van der Waals surface area (Å²) in [5.74, 6) is 4.05. The van der Waals surface area contributed by atoms with Crippen molar-refractivity contribution in [2.45, 2.75) is 13.3 Å². The Morgan fingerprint density at radius 1 is 1.86 bits per heavy atom. The largest absolute Gasteiger partial charge is 0.373 e. The summed E-state index contributed by atoms with van der Waals surface area (Å²) in [6, 6.07) is 0. The van der Waals surface area contributed by atoms with Gasteiger partial charge >= 0.3 is 5.97 Å². The van der Waals surface area contributed by atoms with Gasteiger partial charge in [0, 0.05) is 14.8 Å². The monoisotopic (exact) mass is 100 g/mol. The molecule has 0 bridgehead atoms. The number of carbonyl (C=O) groups excluding carboxylic acids is 1. The Balaban J connectivity index is 0. The van der Waals surface area contributed by atoms with Crippen molar-refractivity contribution >= 4 is 14.4 Å². The van der Waals surface area contributed by atoms with Gasteiger partial charge in [-0.1, -0.05) is 6.92 Å². The summed E-state index contributed by atoms with van der Waals surface area (Å²) < 4.78 is 0. The maximum absolute atomic E-state index is 9.83. The Labute approximate surface area is 44.4 Å². The lowest BCUT2D eigenvalue weighted by molar-refractivity contribution is -0.143. The van der Waals surface area contributed by atoms with Crippen molar-refractivity contribution < 1.29 is 9.63 Å². The summed E-state index contributed by atoms with van der Waals surface area (Å²) in [5, 5.41) is 0. The number of hydrogen-bond donors (Lipinski definition) is 1. The summed E-state index contributed by atoms with van der Waals surface area (Å²) in [6.07, 6.45) is 0.344.